The van der Waals surface area contributed by atoms with Gasteiger partial charge in [-0.2, -0.15) is 0 Å². The molecule has 18 heavy (non-hydrogen) atoms. The van der Waals surface area contributed by atoms with Crippen LogP contribution in [0.5, 0.6) is 5.75 Å². The number of aliphatic hydroxyl groups is 1. The summed E-state index contributed by atoms with van der Waals surface area (Å²) in [5, 5.41) is 11.0. The van der Waals surface area contributed by atoms with Gasteiger partial charge in [-0.1, -0.05) is 18.2 Å². The van der Waals surface area contributed by atoms with Crippen LogP contribution < -0.4 is 4.74 Å². The van der Waals surface area contributed by atoms with Gasteiger partial charge in [0.25, 0.3) is 0 Å². The van der Waals surface area contributed by atoms with Gasteiger partial charge in [-0.15, -0.1) is 0 Å². The third kappa shape index (κ3) is 1.91. The second-order valence-electron chi connectivity index (χ2n) is 5.69. The lowest BCUT2D eigenvalue weighted by Gasteiger charge is -2.25. The van der Waals surface area contributed by atoms with Crippen molar-refractivity contribution >= 4 is 0 Å². The molecule has 1 saturated carbocycles. The number of rotatable bonds is 3. The van der Waals surface area contributed by atoms with Gasteiger partial charge in [0.2, 0.25) is 0 Å². The van der Waals surface area contributed by atoms with Crippen molar-refractivity contribution in [3.05, 3.63) is 29.8 Å². The summed E-state index contributed by atoms with van der Waals surface area (Å²) in [5.74, 6) is 0.796. The molecule has 2 fully saturated rings. The molecule has 1 aliphatic heterocycles. The highest BCUT2D eigenvalue weighted by Gasteiger charge is 2.47. The molecular weight excluding hydrogens is 226 g/mol. The van der Waals surface area contributed by atoms with E-state index in [1.54, 1.807) is 7.11 Å². The molecule has 2 unspecified atom stereocenters. The van der Waals surface area contributed by atoms with Gasteiger partial charge in [0.15, 0.2) is 0 Å². The maximum absolute atomic E-state index is 11.0. The van der Waals surface area contributed by atoms with Crippen molar-refractivity contribution in [2.75, 3.05) is 13.7 Å². The fraction of sp³-hybridized carbons (Fsp3) is 0.600. The molecule has 0 aromatic heterocycles. The van der Waals surface area contributed by atoms with Crippen LogP contribution in [0.25, 0.3) is 0 Å². The molecule has 1 aromatic rings. The van der Waals surface area contributed by atoms with Crippen molar-refractivity contribution in [1.29, 1.82) is 0 Å². The third-order valence-corrected chi connectivity index (χ3v) is 4.27. The van der Waals surface area contributed by atoms with Crippen LogP contribution in [0.1, 0.15) is 31.7 Å². The van der Waals surface area contributed by atoms with Gasteiger partial charge in [-0.05, 0) is 32.3 Å². The molecule has 1 aliphatic carbocycles. The van der Waals surface area contributed by atoms with Crippen molar-refractivity contribution in [3.8, 4) is 5.75 Å². The molecule has 0 amide bonds. The van der Waals surface area contributed by atoms with E-state index in [1.807, 2.05) is 24.3 Å². The van der Waals surface area contributed by atoms with E-state index in [9.17, 15) is 5.11 Å². The molecular formula is C15H21NO2. The Morgan fingerprint density at radius 1 is 1.33 bits per heavy atom. The van der Waals surface area contributed by atoms with Gasteiger partial charge in [0, 0.05) is 24.2 Å². The van der Waals surface area contributed by atoms with Crippen LogP contribution in [0.4, 0.5) is 0 Å². The van der Waals surface area contributed by atoms with Crippen molar-refractivity contribution in [2.24, 2.45) is 0 Å². The first kappa shape index (κ1) is 12.0. The molecule has 0 spiro atoms. The zero-order valence-electron chi connectivity index (χ0n) is 11.1. The predicted octanol–water partition coefficient (Wildman–Crippen LogP) is 2.14. The number of hydrogen-bond acceptors (Lipinski definition) is 3. The molecule has 0 bridgehead atoms. The van der Waals surface area contributed by atoms with E-state index in [0.29, 0.717) is 12.1 Å². The Hall–Kier alpha value is -1.06. The lowest BCUT2D eigenvalue weighted by molar-refractivity contribution is 0.0427. The van der Waals surface area contributed by atoms with Crippen LogP contribution >= 0.6 is 0 Å². The molecule has 3 nitrogen and oxygen atoms in total. The molecule has 1 N–H and O–H groups in total. The maximum atomic E-state index is 11.0. The van der Waals surface area contributed by atoms with E-state index in [0.717, 1.165) is 24.3 Å². The van der Waals surface area contributed by atoms with Crippen molar-refractivity contribution in [1.82, 2.24) is 4.90 Å². The molecule has 2 atom stereocenters. The average Bonchev–Trinajstić information content (AvgIpc) is 3.16. The summed E-state index contributed by atoms with van der Waals surface area (Å²) in [5.41, 5.74) is 0.178. The van der Waals surface area contributed by atoms with Crippen molar-refractivity contribution < 1.29 is 9.84 Å². The van der Waals surface area contributed by atoms with E-state index in [1.165, 1.54) is 12.8 Å². The Labute approximate surface area is 108 Å². The zero-order valence-corrected chi connectivity index (χ0v) is 11.1. The van der Waals surface area contributed by atoms with Gasteiger partial charge < -0.3 is 9.84 Å². The van der Waals surface area contributed by atoms with E-state index < -0.39 is 5.60 Å². The van der Waals surface area contributed by atoms with Gasteiger partial charge >= 0.3 is 0 Å². The number of benzene rings is 1. The molecule has 1 heterocycles. The molecule has 3 heteroatoms. The number of hydrogen-bond donors (Lipinski definition) is 1. The SMILES string of the molecule is COc1ccccc1C1(O)CC(C)N(C2CC2)C1. The van der Waals surface area contributed by atoms with E-state index in [4.69, 9.17) is 4.74 Å². The Balaban J connectivity index is 1.90. The summed E-state index contributed by atoms with van der Waals surface area (Å²) >= 11 is 0. The minimum atomic E-state index is -0.755. The zero-order chi connectivity index (χ0) is 12.8. The fourth-order valence-corrected chi connectivity index (χ4v) is 3.25. The average molecular weight is 247 g/mol. The Morgan fingerprint density at radius 3 is 2.72 bits per heavy atom. The lowest BCUT2D eigenvalue weighted by Crippen LogP contribution is -2.33. The second-order valence-corrected chi connectivity index (χ2v) is 5.69. The number of ether oxygens (including phenoxy) is 1. The minimum Gasteiger partial charge on any atom is -0.496 e. The van der Waals surface area contributed by atoms with Gasteiger partial charge in [0.05, 0.1) is 7.11 Å². The summed E-state index contributed by atoms with van der Waals surface area (Å²) in [6.07, 6.45) is 3.36. The highest BCUT2D eigenvalue weighted by molar-refractivity contribution is 5.39. The summed E-state index contributed by atoms with van der Waals surface area (Å²) in [6.45, 7) is 2.95. The summed E-state index contributed by atoms with van der Waals surface area (Å²) in [7, 11) is 1.67. The predicted molar refractivity (Wildman–Crippen MR) is 70.7 cm³/mol. The summed E-state index contributed by atoms with van der Waals surface area (Å²) in [6, 6.07) is 8.99. The molecule has 0 radical (unpaired) electrons. The monoisotopic (exact) mass is 247 g/mol. The summed E-state index contributed by atoms with van der Waals surface area (Å²) < 4.78 is 5.39. The molecule has 1 saturated heterocycles. The van der Waals surface area contributed by atoms with Crippen LogP contribution in [-0.2, 0) is 5.60 Å². The normalized spacial score (nSPS) is 32.7. The van der Waals surface area contributed by atoms with Crippen LogP contribution in [0.3, 0.4) is 0 Å². The maximum Gasteiger partial charge on any atom is 0.124 e. The Kier molecular flexibility index (Phi) is 2.83. The highest BCUT2D eigenvalue weighted by Crippen LogP contribution is 2.44. The molecule has 98 valence electrons. The Bertz CT molecular complexity index is 444. The second kappa shape index (κ2) is 4.25. The largest absolute Gasteiger partial charge is 0.496 e. The van der Waals surface area contributed by atoms with E-state index in [-0.39, 0.29) is 0 Å². The van der Waals surface area contributed by atoms with Crippen LogP contribution in [0.15, 0.2) is 24.3 Å². The summed E-state index contributed by atoms with van der Waals surface area (Å²) in [4.78, 5) is 2.45. The van der Waals surface area contributed by atoms with E-state index in [2.05, 4.69) is 11.8 Å². The van der Waals surface area contributed by atoms with Crippen LogP contribution in [-0.4, -0.2) is 35.7 Å². The number of nitrogens with zero attached hydrogens (tertiary/aromatic N) is 1. The quantitative estimate of drug-likeness (QED) is 0.888. The Morgan fingerprint density at radius 2 is 2.06 bits per heavy atom. The highest BCUT2D eigenvalue weighted by atomic mass is 16.5. The van der Waals surface area contributed by atoms with Gasteiger partial charge in [-0.3, -0.25) is 4.90 Å². The van der Waals surface area contributed by atoms with Crippen molar-refractivity contribution in [2.45, 2.75) is 43.9 Å². The topological polar surface area (TPSA) is 32.7 Å². The van der Waals surface area contributed by atoms with E-state index >= 15 is 0 Å². The fourth-order valence-electron chi connectivity index (χ4n) is 3.25. The first-order valence-corrected chi connectivity index (χ1v) is 6.76. The standard InChI is InChI=1S/C15H21NO2/c1-11-9-15(17,10-16(11)12-7-8-12)13-5-3-4-6-14(13)18-2/h3-6,11-12,17H,7-10H2,1-2H3. The lowest BCUT2D eigenvalue weighted by atomic mass is 9.90. The van der Waals surface area contributed by atoms with Crippen LogP contribution in [0, 0.1) is 0 Å². The minimum absolute atomic E-state index is 0.451. The first-order valence-electron chi connectivity index (χ1n) is 6.76. The smallest absolute Gasteiger partial charge is 0.124 e. The third-order valence-electron chi connectivity index (χ3n) is 4.27. The first-order chi connectivity index (χ1) is 8.64. The van der Waals surface area contributed by atoms with Crippen molar-refractivity contribution in [3.63, 3.8) is 0 Å². The van der Waals surface area contributed by atoms with Gasteiger partial charge in [-0.25, -0.2) is 0 Å². The molecule has 2 aliphatic rings. The molecule has 3 rings (SSSR count). The number of methoxy groups -OCH3 is 1. The van der Waals surface area contributed by atoms with Gasteiger partial charge in [0.1, 0.15) is 11.4 Å². The number of para-hydroxylation sites is 1. The molecule has 1 aromatic carbocycles. The number of β-amino-alcohol motifs (C(OH)–C–C–N with tert-alkyl or cyclic N) is 1. The van der Waals surface area contributed by atoms with Crippen LogP contribution in [0.2, 0.25) is 0 Å². The number of likely N-dealkylation sites (tertiary alicyclic amines) is 1.